The van der Waals surface area contributed by atoms with Gasteiger partial charge >= 0.3 is 0 Å². The standard InChI is InChI=1S/C17H16N6OS2/c1-3-18-15-12-6-4-5-7-13(12)20-16(21-15)25-9-11-8-14(24)23-17(19-11)26-10(2)22-23/h4-8H,3,9H2,1-2H3,(H,18,20,21). The molecule has 0 saturated carbocycles. The molecule has 4 rings (SSSR count). The van der Waals surface area contributed by atoms with Gasteiger partial charge in [0.1, 0.15) is 10.8 Å². The number of hydrogen-bond acceptors (Lipinski definition) is 8. The van der Waals surface area contributed by atoms with Crippen LogP contribution in [-0.2, 0) is 5.75 Å². The normalized spacial score (nSPS) is 11.3. The lowest BCUT2D eigenvalue weighted by Gasteiger charge is -2.09. The average Bonchev–Trinajstić information content (AvgIpc) is 3.01. The van der Waals surface area contributed by atoms with Crippen molar-refractivity contribution in [2.75, 3.05) is 11.9 Å². The second kappa shape index (κ2) is 7.00. The molecule has 4 aromatic rings. The molecule has 0 aliphatic carbocycles. The molecule has 0 spiro atoms. The molecule has 0 aliphatic rings. The third-order valence-electron chi connectivity index (χ3n) is 3.68. The van der Waals surface area contributed by atoms with Gasteiger partial charge in [-0.3, -0.25) is 4.79 Å². The van der Waals surface area contributed by atoms with Crippen LogP contribution in [0.1, 0.15) is 17.6 Å². The van der Waals surface area contributed by atoms with Crippen molar-refractivity contribution in [1.82, 2.24) is 24.6 Å². The summed E-state index contributed by atoms with van der Waals surface area (Å²) in [5.41, 5.74) is 1.43. The van der Waals surface area contributed by atoms with Crippen LogP contribution in [0.3, 0.4) is 0 Å². The van der Waals surface area contributed by atoms with E-state index in [1.807, 2.05) is 38.1 Å². The number of nitrogens with zero attached hydrogens (tertiary/aromatic N) is 5. The molecule has 0 unspecified atom stereocenters. The van der Waals surface area contributed by atoms with Crippen molar-refractivity contribution in [3.63, 3.8) is 0 Å². The van der Waals surface area contributed by atoms with Crippen molar-refractivity contribution in [3.05, 3.63) is 51.4 Å². The molecule has 1 N–H and O–H groups in total. The van der Waals surface area contributed by atoms with E-state index in [0.717, 1.165) is 28.3 Å². The summed E-state index contributed by atoms with van der Waals surface area (Å²) in [5.74, 6) is 1.34. The first kappa shape index (κ1) is 16.9. The van der Waals surface area contributed by atoms with E-state index in [0.29, 0.717) is 21.6 Å². The van der Waals surface area contributed by atoms with Gasteiger partial charge in [0.15, 0.2) is 5.16 Å². The molecule has 132 valence electrons. The van der Waals surface area contributed by atoms with Crippen LogP contribution in [0.5, 0.6) is 0 Å². The Balaban J connectivity index is 1.64. The largest absolute Gasteiger partial charge is 0.370 e. The molecule has 0 bridgehead atoms. The fraction of sp³-hybridized carbons (Fsp3) is 0.235. The van der Waals surface area contributed by atoms with Gasteiger partial charge in [-0.15, -0.1) is 0 Å². The minimum Gasteiger partial charge on any atom is -0.370 e. The van der Waals surface area contributed by atoms with Crippen molar-refractivity contribution >= 4 is 44.8 Å². The first-order chi connectivity index (χ1) is 12.6. The topological polar surface area (TPSA) is 85.1 Å². The molecule has 0 atom stereocenters. The van der Waals surface area contributed by atoms with Gasteiger partial charge in [-0.25, -0.2) is 15.0 Å². The lowest BCUT2D eigenvalue weighted by Crippen LogP contribution is -2.15. The molecule has 0 radical (unpaired) electrons. The van der Waals surface area contributed by atoms with E-state index in [4.69, 9.17) is 0 Å². The van der Waals surface area contributed by atoms with Crippen LogP contribution in [0.4, 0.5) is 5.82 Å². The Labute approximate surface area is 157 Å². The number of para-hydroxylation sites is 1. The predicted octanol–water partition coefficient (Wildman–Crippen LogP) is 3.13. The molecule has 3 heterocycles. The Hall–Kier alpha value is -2.52. The van der Waals surface area contributed by atoms with Crippen LogP contribution in [0.2, 0.25) is 0 Å². The predicted molar refractivity (Wildman–Crippen MR) is 105 cm³/mol. The summed E-state index contributed by atoms with van der Waals surface area (Å²) in [4.78, 5) is 26.5. The van der Waals surface area contributed by atoms with Gasteiger partial charge < -0.3 is 5.32 Å². The summed E-state index contributed by atoms with van der Waals surface area (Å²) in [6, 6.07) is 9.43. The van der Waals surface area contributed by atoms with Gasteiger partial charge in [-0.2, -0.15) is 9.61 Å². The molecule has 26 heavy (non-hydrogen) atoms. The summed E-state index contributed by atoms with van der Waals surface area (Å²) in [6.45, 7) is 4.68. The molecule has 0 amide bonds. The monoisotopic (exact) mass is 384 g/mol. The van der Waals surface area contributed by atoms with Crippen LogP contribution in [0.15, 0.2) is 40.3 Å². The number of aryl methyl sites for hydroxylation is 1. The molecule has 0 aliphatic heterocycles. The number of fused-ring (bicyclic) bond motifs is 2. The summed E-state index contributed by atoms with van der Waals surface area (Å²) < 4.78 is 1.34. The van der Waals surface area contributed by atoms with Gasteiger partial charge in [0, 0.05) is 23.8 Å². The highest BCUT2D eigenvalue weighted by molar-refractivity contribution is 7.98. The Morgan fingerprint density at radius 2 is 2.08 bits per heavy atom. The third kappa shape index (κ3) is 3.27. The van der Waals surface area contributed by atoms with E-state index in [1.165, 1.54) is 33.7 Å². The van der Waals surface area contributed by atoms with Gasteiger partial charge in [0.2, 0.25) is 4.96 Å². The average molecular weight is 384 g/mol. The summed E-state index contributed by atoms with van der Waals surface area (Å²) in [7, 11) is 0. The molecule has 9 heteroatoms. The molecular formula is C17H16N6OS2. The van der Waals surface area contributed by atoms with Crippen molar-refractivity contribution in [3.8, 4) is 0 Å². The van der Waals surface area contributed by atoms with Crippen LogP contribution >= 0.6 is 23.1 Å². The Bertz CT molecular complexity index is 1150. The van der Waals surface area contributed by atoms with Crippen LogP contribution < -0.4 is 10.9 Å². The first-order valence-electron chi connectivity index (χ1n) is 8.14. The smallest absolute Gasteiger partial charge is 0.275 e. The maximum Gasteiger partial charge on any atom is 0.275 e. The van der Waals surface area contributed by atoms with Gasteiger partial charge in [-0.1, -0.05) is 35.2 Å². The lowest BCUT2D eigenvalue weighted by molar-refractivity contribution is 0.871. The fourth-order valence-corrected chi connectivity index (χ4v) is 4.10. The number of nitrogens with one attached hydrogen (secondary N) is 1. The van der Waals surface area contributed by atoms with E-state index in [1.54, 1.807) is 0 Å². The Kier molecular flexibility index (Phi) is 4.56. The summed E-state index contributed by atoms with van der Waals surface area (Å²) >= 11 is 2.87. The van der Waals surface area contributed by atoms with Crippen LogP contribution in [0.25, 0.3) is 15.9 Å². The minimum absolute atomic E-state index is 0.164. The molecule has 3 aromatic heterocycles. The quantitative estimate of drug-likeness (QED) is 0.418. The second-order valence-corrected chi connectivity index (χ2v) is 7.69. The highest BCUT2D eigenvalue weighted by Gasteiger charge is 2.10. The molecule has 1 aromatic carbocycles. The third-order valence-corrected chi connectivity index (χ3v) is 5.38. The first-order valence-corrected chi connectivity index (χ1v) is 9.94. The number of thioether (sulfide) groups is 1. The second-order valence-electron chi connectivity index (χ2n) is 5.59. The van der Waals surface area contributed by atoms with Crippen LogP contribution in [-0.4, -0.2) is 31.1 Å². The van der Waals surface area contributed by atoms with Crippen molar-refractivity contribution in [2.45, 2.75) is 24.8 Å². The number of aromatic nitrogens is 5. The number of hydrogen-bond donors (Lipinski definition) is 1. The maximum absolute atomic E-state index is 12.2. The molecule has 7 nitrogen and oxygen atoms in total. The van der Waals surface area contributed by atoms with Gasteiger partial charge in [0.25, 0.3) is 5.56 Å². The zero-order chi connectivity index (χ0) is 18.1. The zero-order valence-electron chi connectivity index (χ0n) is 14.3. The lowest BCUT2D eigenvalue weighted by atomic mass is 10.2. The van der Waals surface area contributed by atoms with Crippen molar-refractivity contribution in [2.24, 2.45) is 0 Å². The molecule has 0 fully saturated rings. The minimum atomic E-state index is -0.164. The highest BCUT2D eigenvalue weighted by atomic mass is 32.2. The van der Waals surface area contributed by atoms with Gasteiger partial charge in [0.05, 0.1) is 11.2 Å². The molecular weight excluding hydrogens is 368 g/mol. The number of rotatable bonds is 5. The van der Waals surface area contributed by atoms with Gasteiger partial charge in [-0.05, 0) is 26.0 Å². The van der Waals surface area contributed by atoms with Crippen molar-refractivity contribution < 1.29 is 0 Å². The summed E-state index contributed by atoms with van der Waals surface area (Å²) in [6.07, 6.45) is 0. The SMILES string of the molecule is CCNc1nc(SCc2cc(=O)n3nc(C)sc3n2)nc2ccccc12. The van der Waals surface area contributed by atoms with E-state index in [9.17, 15) is 4.79 Å². The number of anilines is 1. The Morgan fingerprint density at radius 3 is 2.92 bits per heavy atom. The molecule has 0 saturated heterocycles. The maximum atomic E-state index is 12.2. The van der Waals surface area contributed by atoms with Crippen molar-refractivity contribution in [1.29, 1.82) is 0 Å². The Morgan fingerprint density at radius 1 is 1.23 bits per heavy atom. The highest BCUT2D eigenvalue weighted by Crippen LogP contribution is 2.26. The van der Waals surface area contributed by atoms with E-state index < -0.39 is 0 Å². The zero-order valence-corrected chi connectivity index (χ0v) is 15.9. The van der Waals surface area contributed by atoms with E-state index in [-0.39, 0.29) is 5.56 Å². The number of benzene rings is 1. The van der Waals surface area contributed by atoms with E-state index in [2.05, 4.69) is 25.4 Å². The summed E-state index contributed by atoms with van der Waals surface area (Å²) in [5, 5.41) is 9.91. The fourth-order valence-electron chi connectivity index (χ4n) is 2.59. The van der Waals surface area contributed by atoms with E-state index >= 15 is 0 Å². The van der Waals surface area contributed by atoms with Crippen LogP contribution in [0, 0.1) is 6.92 Å².